The SMILES string of the molecule is CC(C)Cn1ccn(-c2cccc3ccccc23)c(=O)c1=O. The Morgan fingerprint density at radius 1 is 0.909 bits per heavy atom. The molecule has 1 aromatic heterocycles. The topological polar surface area (TPSA) is 44.0 Å². The highest BCUT2D eigenvalue weighted by Crippen LogP contribution is 2.20. The van der Waals surface area contributed by atoms with E-state index in [9.17, 15) is 9.59 Å². The van der Waals surface area contributed by atoms with Gasteiger partial charge in [-0.2, -0.15) is 0 Å². The summed E-state index contributed by atoms with van der Waals surface area (Å²) in [6.07, 6.45) is 3.36. The maximum absolute atomic E-state index is 12.4. The fraction of sp³-hybridized carbons (Fsp3) is 0.222. The van der Waals surface area contributed by atoms with Crippen LogP contribution in [0.2, 0.25) is 0 Å². The van der Waals surface area contributed by atoms with E-state index < -0.39 is 11.1 Å². The molecule has 0 saturated heterocycles. The Hall–Kier alpha value is -2.62. The first-order chi connectivity index (χ1) is 10.6. The van der Waals surface area contributed by atoms with E-state index in [4.69, 9.17) is 0 Å². The molecule has 0 N–H and O–H groups in total. The Labute approximate surface area is 128 Å². The van der Waals surface area contributed by atoms with Gasteiger partial charge in [0, 0.05) is 24.3 Å². The molecule has 0 amide bonds. The van der Waals surface area contributed by atoms with Crippen LogP contribution in [0.4, 0.5) is 0 Å². The van der Waals surface area contributed by atoms with Crippen molar-refractivity contribution in [1.82, 2.24) is 9.13 Å². The molecule has 0 atom stereocenters. The van der Waals surface area contributed by atoms with Crippen LogP contribution in [0.5, 0.6) is 0 Å². The van der Waals surface area contributed by atoms with Crippen LogP contribution in [0.1, 0.15) is 13.8 Å². The maximum Gasteiger partial charge on any atom is 0.320 e. The van der Waals surface area contributed by atoms with Crippen LogP contribution in [0.25, 0.3) is 16.5 Å². The van der Waals surface area contributed by atoms with E-state index in [1.54, 1.807) is 12.4 Å². The molecule has 0 saturated carbocycles. The number of hydrogen-bond acceptors (Lipinski definition) is 2. The number of nitrogens with zero attached hydrogens (tertiary/aromatic N) is 2. The second-order valence-corrected chi connectivity index (χ2v) is 5.82. The van der Waals surface area contributed by atoms with Gasteiger partial charge >= 0.3 is 11.1 Å². The molecule has 0 spiro atoms. The lowest BCUT2D eigenvalue weighted by molar-refractivity contribution is 0.504. The minimum Gasteiger partial charge on any atom is -0.309 e. The minimum atomic E-state index is -0.514. The third-order valence-electron chi connectivity index (χ3n) is 3.65. The van der Waals surface area contributed by atoms with Gasteiger partial charge in [0.15, 0.2) is 0 Å². The number of aromatic nitrogens is 2. The van der Waals surface area contributed by atoms with Crippen molar-refractivity contribution in [2.45, 2.75) is 20.4 Å². The van der Waals surface area contributed by atoms with E-state index in [1.165, 1.54) is 9.13 Å². The van der Waals surface area contributed by atoms with Gasteiger partial charge in [0.2, 0.25) is 0 Å². The van der Waals surface area contributed by atoms with Gasteiger partial charge in [0.05, 0.1) is 5.69 Å². The van der Waals surface area contributed by atoms with Crippen LogP contribution < -0.4 is 11.1 Å². The van der Waals surface area contributed by atoms with E-state index >= 15 is 0 Å². The van der Waals surface area contributed by atoms with Gasteiger partial charge < -0.3 is 4.57 Å². The first-order valence-corrected chi connectivity index (χ1v) is 7.38. The summed E-state index contributed by atoms with van der Waals surface area (Å²) >= 11 is 0. The van der Waals surface area contributed by atoms with Crippen LogP contribution in [0.15, 0.2) is 64.4 Å². The van der Waals surface area contributed by atoms with E-state index in [2.05, 4.69) is 0 Å². The maximum atomic E-state index is 12.4. The van der Waals surface area contributed by atoms with Gasteiger partial charge in [0.25, 0.3) is 0 Å². The third-order valence-corrected chi connectivity index (χ3v) is 3.65. The van der Waals surface area contributed by atoms with Crippen LogP contribution in [0.3, 0.4) is 0 Å². The van der Waals surface area contributed by atoms with Crippen molar-refractivity contribution in [1.29, 1.82) is 0 Å². The lowest BCUT2D eigenvalue weighted by Crippen LogP contribution is -2.40. The van der Waals surface area contributed by atoms with Gasteiger partial charge in [-0.15, -0.1) is 0 Å². The first-order valence-electron chi connectivity index (χ1n) is 7.38. The Morgan fingerprint density at radius 2 is 1.64 bits per heavy atom. The Bertz CT molecular complexity index is 930. The van der Waals surface area contributed by atoms with Crippen molar-refractivity contribution in [3.05, 3.63) is 75.6 Å². The van der Waals surface area contributed by atoms with Crippen LogP contribution >= 0.6 is 0 Å². The first kappa shape index (κ1) is 14.3. The highest BCUT2D eigenvalue weighted by atomic mass is 16.2. The Morgan fingerprint density at radius 3 is 2.41 bits per heavy atom. The summed E-state index contributed by atoms with van der Waals surface area (Å²) in [7, 11) is 0. The summed E-state index contributed by atoms with van der Waals surface area (Å²) in [5.41, 5.74) is -0.263. The van der Waals surface area contributed by atoms with Crippen molar-refractivity contribution in [3.8, 4) is 5.69 Å². The Balaban J connectivity index is 2.22. The molecule has 3 rings (SSSR count). The molecule has 3 aromatic rings. The van der Waals surface area contributed by atoms with Crippen molar-refractivity contribution in [3.63, 3.8) is 0 Å². The molecule has 4 nitrogen and oxygen atoms in total. The molecule has 0 aliphatic heterocycles. The number of fused-ring (bicyclic) bond motifs is 1. The lowest BCUT2D eigenvalue weighted by Gasteiger charge is -2.12. The molecule has 0 aliphatic carbocycles. The third kappa shape index (κ3) is 2.48. The van der Waals surface area contributed by atoms with E-state index in [0.717, 1.165) is 16.5 Å². The molecule has 22 heavy (non-hydrogen) atoms. The molecule has 0 radical (unpaired) electrons. The second kappa shape index (κ2) is 5.64. The second-order valence-electron chi connectivity index (χ2n) is 5.82. The fourth-order valence-electron chi connectivity index (χ4n) is 2.65. The molecule has 0 bridgehead atoms. The highest BCUT2D eigenvalue weighted by Gasteiger charge is 2.09. The lowest BCUT2D eigenvalue weighted by atomic mass is 10.1. The molecule has 112 valence electrons. The molecule has 0 fully saturated rings. The van der Waals surface area contributed by atoms with Gasteiger partial charge in [-0.25, -0.2) is 0 Å². The van der Waals surface area contributed by atoms with E-state index in [0.29, 0.717) is 12.5 Å². The smallest absolute Gasteiger partial charge is 0.309 e. The zero-order valence-electron chi connectivity index (χ0n) is 12.7. The zero-order chi connectivity index (χ0) is 15.7. The minimum absolute atomic E-state index is 0.311. The summed E-state index contributed by atoms with van der Waals surface area (Å²) in [5.74, 6) is 0.311. The quantitative estimate of drug-likeness (QED) is 0.697. The number of rotatable bonds is 3. The highest BCUT2D eigenvalue weighted by molar-refractivity contribution is 5.90. The fourth-order valence-corrected chi connectivity index (χ4v) is 2.65. The molecular weight excluding hydrogens is 276 g/mol. The van der Waals surface area contributed by atoms with Crippen molar-refractivity contribution < 1.29 is 0 Å². The monoisotopic (exact) mass is 294 g/mol. The van der Waals surface area contributed by atoms with Crippen LogP contribution in [-0.2, 0) is 6.54 Å². The van der Waals surface area contributed by atoms with Crippen molar-refractivity contribution >= 4 is 10.8 Å². The average Bonchev–Trinajstić information content (AvgIpc) is 2.51. The van der Waals surface area contributed by atoms with E-state index in [-0.39, 0.29) is 0 Å². The van der Waals surface area contributed by atoms with Crippen LogP contribution in [0, 0.1) is 5.92 Å². The number of hydrogen-bond donors (Lipinski definition) is 0. The predicted molar refractivity (Wildman–Crippen MR) is 88.6 cm³/mol. The van der Waals surface area contributed by atoms with Crippen molar-refractivity contribution in [2.24, 2.45) is 5.92 Å². The van der Waals surface area contributed by atoms with E-state index in [1.807, 2.05) is 56.3 Å². The average molecular weight is 294 g/mol. The molecule has 0 unspecified atom stereocenters. The van der Waals surface area contributed by atoms with Crippen molar-refractivity contribution in [2.75, 3.05) is 0 Å². The van der Waals surface area contributed by atoms with Gasteiger partial charge in [-0.3, -0.25) is 14.2 Å². The van der Waals surface area contributed by atoms with Gasteiger partial charge in [-0.1, -0.05) is 50.2 Å². The molecule has 2 aromatic carbocycles. The van der Waals surface area contributed by atoms with Gasteiger partial charge in [-0.05, 0) is 17.4 Å². The zero-order valence-corrected chi connectivity index (χ0v) is 12.7. The number of benzene rings is 2. The van der Waals surface area contributed by atoms with Crippen LogP contribution in [-0.4, -0.2) is 9.13 Å². The Kier molecular flexibility index (Phi) is 3.67. The standard InChI is InChI=1S/C18H18N2O2/c1-13(2)12-19-10-11-20(18(22)17(19)21)16-9-5-7-14-6-3-4-8-15(14)16/h3-11,13H,12H2,1-2H3. The molecule has 1 heterocycles. The summed E-state index contributed by atoms with van der Waals surface area (Å²) in [6, 6.07) is 13.6. The largest absolute Gasteiger partial charge is 0.320 e. The predicted octanol–water partition coefficient (Wildman–Crippen LogP) is 2.81. The molecule has 4 heteroatoms. The summed E-state index contributed by atoms with van der Waals surface area (Å²) in [6.45, 7) is 4.58. The summed E-state index contributed by atoms with van der Waals surface area (Å²) < 4.78 is 2.91. The normalized spacial score (nSPS) is 11.2. The molecule has 0 aliphatic rings. The molecular formula is C18H18N2O2. The summed E-state index contributed by atoms with van der Waals surface area (Å²) in [5, 5.41) is 1.99. The summed E-state index contributed by atoms with van der Waals surface area (Å²) in [4.78, 5) is 24.7. The van der Waals surface area contributed by atoms with Gasteiger partial charge in [0.1, 0.15) is 0 Å².